The lowest BCUT2D eigenvalue weighted by Gasteiger charge is -2.28. The van der Waals surface area contributed by atoms with Crippen LogP contribution in [-0.4, -0.2) is 45.3 Å². The molecule has 0 spiro atoms. The maximum Gasteiger partial charge on any atom is 0.229 e. The summed E-state index contributed by atoms with van der Waals surface area (Å²) in [6.45, 7) is 12.1. The molecule has 1 atom stereocenters. The highest BCUT2D eigenvalue weighted by Gasteiger charge is 2.19. The summed E-state index contributed by atoms with van der Waals surface area (Å²) >= 11 is 0. The van der Waals surface area contributed by atoms with E-state index in [9.17, 15) is 13.2 Å². The van der Waals surface area contributed by atoms with Crippen LogP contribution in [0.5, 0.6) is 17.2 Å². The second-order valence-corrected chi connectivity index (χ2v) is 14.9. The summed E-state index contributed by atoms with van der Waals surface area (Å²) in [5.41, 5.74) is 6.11. The highest BCUT2D eigenvalue weighted by molar-refractivity contribution is 7.92. The first kappa shape index (κ1) is 37.1. The van der Waals surface area contributed by atoms with Crippen molar-refractivity contribution in [2.45, 2.75) is 39.3 Å². The third-order valence-corrected chi connectivity index (χ3v) is 9.55. The lowest BCUT2D eigenvalue weighted by Crippen LogP contribution is -2.23. The third-order valence-electron chi connectivity index (χ3n) is 8.96. The van der Waals surface area contributed by atoms with E-state index in [0.717, 1.165) is 47.4 Å². The van der Waals surface area contributed by atoms with Crippen molar-refractivity contribution in [1.82, 2.24) is 4.98 Å². The summed E-state index contributed by atoms with van der Waals surface area (Å²) in [6.07, 6.45) is 4.63. The van der Waals surface area contributed by atoms with Crippen molar-refractivity contribution in [3.63, 3.8) is 0 Å². The molecule has 1 fully saturated rings. The summed E-state index contributed by atoms with van der Waals surface area (Å²) < 4.78 is 44.8. The van der Waals surface area contributed by atoms with E-state index < -0.39 is 10.0 Å². The molecule has 1 saturated heterocycles. The summed E-state index contributed by atoms with van der Waals surface area (Å²) in [6, 6.07) is 31.8. The Morgan fingerprint density at radius 1 is 0.943 bits per heavy atom. The molecule has 0 aliphatic carbocycles. The van der Waals surface area contributed by atoms with Crippen LogP contribution in [0.4, 0.5) is 17.1 Å². The SMILES string of the molecule is [C-]#[N+]c1ccc(CN(Cc2ccc(Oc3cc(OCC4CCOC4)cc(C(=O)CCc4ccccn4)c3)cc2)c2cccc(NS(C)(=O)=O)c2C)cc1. The van der Waals surface area contributed by atoms with Crippen molar-refractivity contribution < 1.29 is 27.4 Å². The Hall–Kier alpha value is -5.70. The van der Waals surface area contributed by atoms with Gasteiger partial charge in [-0.15, -0.1) is 0 Å². The number of hydrogen-bond donors (Lipinski definition) is 1. The standard InChI is InChI=1S/C42H42N4O6S/c1-30-40(45-53(3,48)49)8-6-9-41(30)46(26-31-10-14-35(43-2)15-11-31)27-32-12-17-37(18-13-32)52-39-24-34(42(47)19-16-36-7-4-5-21-44-36)23-38(25-39)51-29-33-20-22-50-28-33/h4-15,17-18,21,23-25,33,45H,16,19-20,22,26-29H2,1,3H3. The zero-order valence-electron chi connectivity index (χ0n) is 29.8. The smallest absolute Gasteiger partial charge is 0.229 e. The fraction of sp³-hybridized carbons (Fsp3) is 0.262. The second kappa shape index (κ2) is 17.2. The monoisotopic (exact) mass is 730 g/mol. The zero-order chi connectivity index (χ0) is 37.2. The van der Waals surface area contributed by atoms with Gasteiger partial charge in [-0.05, 0) is 85.0 Å². The van der Waals surface area contributed by atoms with E-state index in [0.29, 0.717) is 79.2 Å². The van der Waals surface area contributed by atoms with E-state index >= 15 is 0 Å². The number of aryl methyl sites for hydroxylation is 1. The molecule has 1 aromatic heterocycles. The molecule has 1 N–H and O–H groups in total. The van der Waals surface area contributed by atoms with E-state index in [1.807, 2.05) is 73.7 Å². The minimum absolute atomic E-state index is 0.0274. The maximum absolute atomic E-state index is 13.4. The van der Waals surface area contributed by atoms with Crippen molar-refractivity contribution in [2.75, 3.05) is 35.7 Å². The molecular weight excluding hydrogens is 689 g/mol. The van der Waals surface area contributed by atoms with Crippen LogP contribution in [-0.2, 0) is 34.3 Å². The first-order valence-corrected chi connectivity index (χ1v) is 19.4. The lowest BCUT2D eigenvalue weighted by molar-refractivity contribution is 0.0981. The lowest BCUT2D eigenvalue weighted by atomic mass is 10.0. The predicted molar refractivity (Wildman–Crippen MR) is 207 cm³/mol. The maximum atomic E-state index is 13.4. The van der Waals surface area contributed by atoms with Crippen LogP contribution in [0, 0.1) is 19.4 Å². The van der Waals surface area contributed by atoms with Crippen molar-refractivity contribution in [3.8, 4) is 17.2 Å². The Kier molecular flexibility index (Phi) is 12.0. The van der Waals surface area contributed by atoms with Crippen LogP contribution in [0.15, 0.2) is 109 Å². The predicted octanol–water partition coefficient (Wildman–Crippen LogP) is 8.54. The molecule has 5 aromatic rings. The number of ether oxygens (including phenoxy) is 3. The number of nitrogens with one attached hydrogen (secondary N) is 1. The van der Waals surface area contributed by atoms with Crippen molar-refractivity contribution in [3.05, 3.63) is 149 Å². The Morgan fingerprint density at radius 2 is 1.68 bits per heavy atom. The number of aromatic nitrogens is 1. The van der Waals surface area contributed by atoms with Crippen molar-refractivity contribution >= 4 is 32.9 Å². The molecule has 10 nitrogen and oxygen atoms in total. The van der Waals surface area contributed by atoms with Gasteiger partial charge in [0.15, 0.2) is 11.5 Å². The molecule has 2 heterocycles. The van der Waals surface area contributed by atoms with Gasteiger partial charge in [0, 0.05) is 61.2 Å². The molecule has 1 unspecified atom stereocenters. The van der Waals surface area contributed by atoms with Gasteiger partial charge in [-0.1, -0.05) is 48.5 Å². The molecule has 6 rings (SSSR count). The van der Waals surface area contributed by atoms with Crippen molar-refractivity contribution in [2.24, 2.45) is 5.92 Å². The number of carbonyl (C=O) groups is 1. The third kappa shape index (κ3) is 10.7. The normalized spacial score (nSPS) is 13.9. The Balaban J connectivity index is 1.21. The highest BCUT2D eigenvalue weighted by Crippen LogP contribution is 2.32. The largest absolute Gasteiger partial charge is 0.493 e. The number of Topliss-reactive ketones (excluding diaryl/α,β-unsaturated/α-hetero) is 1. The minimum Gasteiger partial charge on any atom is -0.493 e. The average molecular weight is 731 g/mol. The van der Waals surface area contributed by atoms with E-state index in [1.54, 1.807) is 42.6 Å². The first-order chi connectivity index (χ1) is 25.6. The van der Waals surface area contributed by atoms with Gasteiger partial charge in [0.1, 0.15) is 17.2 Å². The van der Waals surface area contributed by atoms with Gasteiger partial charge in [-0.2, -0.15) is 0 Å². The molecule has 4 aromatic carbocycles. The number of hydrogen-bond acceptors (Lipinski definition) is 8. The van der Waals surface area contributed by atoms with Gasteiger partial charge in [-0.3, -0.25) is 14.5 Å². The zero-order valence-corrected chi connectivity index (χ0v) is 30.6. The van der Waals surface area contributed by atoms with Crippen LogP contribution in [0.3, 0.4) is 0 Å². The number of carbonyl (C=O) groups excluding carboxylic acids is 1. The second-order valence-electron chi connectivity index (χ2n) is 13.2. The number of ketones is 1. The Morgan fingerprint density at radius 3 is 2.34 bits per heavy atom. The summed E-state index contributed by atoms with van der Waals surface area (Å²) in [4.78, 5) is 23.4. The molecular formula is C42H42N4O6S. The van der Waals surface area contributed by atoms with E-state index in [-0.39, 0.29) is 5.78 Å². The molecule has 1 aliphatic rings. The highest BCUT2D eigenvalue weighted by atomic mass is 32.2. The quantitative estimate of drug-likeness (QED) is 0.0795. The molecule has 1 aliphatic heterocycles. The van der Waals surface area contributed by atoms with E-state index in [4.69, 9.17) is 20.8 Å². The van der Waals surface area contributed by atoms with Crippen LogP contribution in [0.1, 0.15) is 45.6 Å². The van der Waals surface area contributed by atoms with Gasteiger partial charge < -0.3 is 19.1 Å². The Bertz CT molecular complexity index is 2160. The van der Waals surface area contributed by atoms with Crippen LogP contribution >= 0.6 is 0 Å². The molecule has 0 amide bonds. The number of anilines is 2. The van der Waals surface area contributed by atoms with Crippen LogP contribution in [0.25, 0.3) is 4.85 Å². The average Bonchev–Trinajstić information content (AvgIpc) is 3.68. The fourth-order valence-corrected chi connectivity index (χ4v) is 6.77. The number of pyridine rings is 1. The van der Waals surface area contributed by atoms with Gasteiger partial charge >= 0.3 is 0 Å². The van der Waals surface area contributed by atoms with E-state index in [1.165, 1.54) is 0 Å². The molecule has 53 heavy (non-hydrogen) atoms. The summed E-state index contributed by atoms with van der Waals surface area (Å²) in [5.74, 6) is 1.93. The Labute approximate surface area is 311 Å². The number of sulfonamides is 1. The number of rotatable bonds is 16. The van der Waals surface area contributed by atoms with Gasteiger partial charge in [-0.25, -0.2) is 13.3 Å². The molecule has 0 saturated carbocycles. The fourth-order valence-electron chi connectivity index (χ4n) is 6.15. The minimum atomic E-state index is -3.48. The van der Waals surface area contributed by atoms with Crippen molar-refractivity contribution in [1.29, 1.82) is 0 Å². The molecule has 0 radical (unpaired) electrons. The molecule has 0 bridgehead atoms. The van der Waals surface area contributed by atoms with Crippen LogP contribution in [0.2, 0.25) is 0 Å². The summed E-state index contributed by atoms with van der Waals surface area (Å²) in [7, 11) is -3.48. The van der Waals surface area contributed by atoms with Gasteiger partial charge in [0.05, 0.1) is 31.7 Å². The van der Waals surface area contributed by atoms with Gasteiger partial charge in [0.25, 0.3) is 0 Å². The molecule has 272 valence electrons. The number of benzene rings is 4. The molecule has 11 heteroatoms. The van der Waals surface area contributed by atoms with E-state index in [2.05, 4.69) is 19.5 Å². The first-order valence-electron chi connectivity index (χ1n) is 17.5. The summed E-state index contributed by atoms with van der Waals surface area (Å²) in [5, 5.41) is 0. The number of nitrogens with zero attached hydrogens (tertiary/aromatic N) is 3. The topological polar surface area (TPSA) is 111 Å². The van der Waals surface area contributed by atoms with Crippen LogP contribution < -0.4 is 19.1 Å². The van der Waals surface area contributed by atoms with Gasteiger partial charge in [0.2, 0.25) is 10.0 Å².